The zero-order valence-electron chi connectivity index (χ0n) is 12.7. The number of hydrogen-bond acceptors (Lipinski definition) is 4. The molecule has 0 radical (unpaired) electrons. The Bertz CT molecular complexity index is 586. The van der Waals surface area contributed by atoms with E-state index in [9.17, 15) is 9.90 Å². The Kier molecular flexibility index (Phi) is 4.68. The van der Waals surface area contributed by atoms with Crippen LogP contribution in [-0.4, -0.2) is 36.2 Å². The number of aliphatic hydroxyl groups is 1. The first-order chi connectivity index (χ1) is 10.7. The van der Waals surface area contributed by atoms with E-state index < -0.39 is 0 Å². The van der Waals surface area contributed by atoms with Crippen LogP contribution in [0.5, 0.6) is 0 Å². The van der Waals surface area contributed by atoms with Gasteiger partial charge < -0.3 is 10.4 Å². The van der Waals surface area contributed by atoms with E-state index in [0.29, 0.717) is 18.4 Å². The van der Waals surface area contributed by atoms with Crippen molar-refractivity contribution in [2.75, 3.05) is 13.1 Å². The summed E-state index contributed by atoms with van der Waals surface area (Å²) in [5, 5.41) is 13.5. The van der Waals surface area contributed by atoms with Crippen LogP contribution in [0.1, 0.15) is 37.2 Å². The van der Waals surface area contributed by atoms with E-state index in [4.69, 9.17) is 0 Å². The molecule has 0 bridgehead atoms. The Morgan fingerprint density at radius 1 is 1.14 bits per heavy atom. The molecule has 1 aromatic rings. The van der Waals surface area contributed by atoms with Gasteiger partial charge in [0.15, 0.2) is 5.78 Å². The van der Waals surface area contributed by atoms with Crippen LogP contribution in [0.4, 0.5) is 0 Å². The molecule has 1 atom stereocenters. The average Bonchev–Trinajstić information content (AvgIpc) is 2.56. The summed E-state index contributed by atoms with van der Waals surface area (Å²) in [6.07, 6.45) is 4.55. The van der Waals surface area contributed by atoms with Crippen LogP contribution in [0.25, 0.3) is 0 Å². The quantitative estimate of drug-likeness (QED) is 0.844. The molecule has 1 fully saturated rings. The Morgan fingerprint density at radius 2 is 1.86 bits per heavy atom. The number of aliphatic imine (C=N–C) groups is 1. The number of aliphatic hydroxyl groups excluding tert-OH is 1. The standard InChI is InChI=1S/C18H22N2O2/c21-17-10-14(13-4-2-1-3-5-13)11-18(22)16(17)12-20-15-6-8-19-9-7-15/h1-5,12,14-15,19,21H,6-11H2. The molecule has 0 amide bonds. The first kappa shape index (κ1) is 15.0. The van der Waals surface area contributed by atoms with E-state index >= 15 is 0 Å². The number of nitrogens with zero attached hydrogens (tertiary/aromatic N) is 1. The second-order valence-corrected chi connectivity index (χ2v) is 6.06. The molecule has 1 aromatic carbocycles. The highest BCUT2D eigenvalue weighted by Crippen LogP contribution is 2.32. The Labute approximate surface area is 131 Å². The number of allylic oxidation sites excluding steroid dienone is 2. The highest BCUT2D eigenvalue weighted by atomic mass is 16.3. The molecule has 22 heavy (non-hydrogen) atoms. The average molecular weight is 298 g/mol. The molecule has 4 nitrogen and oxygen atoms in total. The van der Waals surface area contributed by atoms with Crippen LogP contribution in [0.3, 0.4) is 0 Å². The highest BCUT2D eigenvalue weighted by molar-refractivity contribution is 6.14. The molecule has 1 heterocycles. The monoisotopic (exact) mass is 298 g/mol. The van der Waals surface area contributed by atoms with Gasteiger partial charge >= 0.3 is 0 Å². The van der Waals surface area contributed by atoms with Crippen LogP contribution in [0, 0.1) is 0 Å². The zero-order valence-corrected chi connectivity index (χ0v) is 12.7. The van der Waals surface area contributed by atoms with Crippen molar-refractivity contribution in [3.8, 4) is 0 Å². The van der Waals surface area contributed by atoms with Gasteiger partial charge in [0.2, 0.25) is 0 Å². The van der Waals surface area contributed by atoms with Crippen LogP contribution < -0.4 is 5.32 Å². The summed E-state index contributed by atoms with van der Waals surface area (Å²) in [5.41, 5.74) is 1.52. The number of hydrogen-bond donors (Lipinski definition) is 2. The minimum absolute atomic E-state index is 0.00436. The van der Waals surface area contributed by atoms with Gasteiger partial charge in [-0.15, -0.1) is 0 Å². The third-order valence-corrected chi connectivity index (χ3v) is 4.48. The minimum atomic E-state index is -0.00436. The summed E-state index contributed by atoms with van der Waals surface area (Å²) >= 11 is 0. The lowest BCUT2D eigenvalue weighted by atomic mass is 9.83. The first-order valence-corrected chi connectivity index (χ1v) is 7.98. The third-order valence-electron chi connectivity index (χ3n) is 4.48. The molecule has 0 spiro atoms. The molecule has 2 N–H and O–H groups in total. The SMILES string of the molecule is O=C1CC(c2ccccc2)CC(O)=C1C=NC1CCNCC1. The van der Waals surface area contributed by atoms with Crippen molar-refractivity contribution in [1.29, 1.82) is 0 Å². The molecule has 1 saturated heterocycles. The fourth-order valence-electron chi connectivity index (χ4n) is 3.15. The maximum atomic E-state index is 12.3. The van der Waals surface area contributed by atoms with E-state index in [1.165, 1.54) is 0 Å². The van der Waals surface area contributed by atoms with Gasteiger partial charge in [0.25, 0.3) is 0 Å². The molecule has 1 aliphatic carbocycles. The highest BCUT2D eigenvalue weighted by Gasteiger charge is 2.27. The Hall–Kier alpha value is -1.94. The summed E-state index contributed by atoms with van der Waals surface area (Å²) in [6, 6.07) is 10.2. The Morgan fingerprint density at radius 3 is 2.55 bits per heavy atom. The van der Waals surface area contributed by atoms with Crippen molar-refractivity contribution in [3.63, 3.8) is 0 Å². The minimum Gasteiger partial charge on any atom is -0.511 e. The molecule has 2 aliphatic rings. The zero-order chi connectivity index (χ0) is 15.4. The maximum Gasteiger partial charge on any atom is 0.168 e. The number of nitrogens with one attached hydrogen (secondary N) is 1. The number of carbonyl (C=O) groups excluding carboxylic acids is 1. The molecule has 1 unspecified atom stereocenters. The molecule has 0 aromatic heterocycles. The summed E-state index contributed by atoms with van der Waals surface area (Å²) in [6.45, 7) is 1.94. The lowest BCUT2D eigenvalue weighted by Crippen LogP contribution is -2.30. The number of rotatable bonds is 3. The second-order valence-electron chi connectivity index (χ2n) is 6.06. The van der Waals surface area contributed by atoms with Crippen LogP contribution in [0.15, 0.2) is 46.7 Å². The molecule has 0 saturated carbocycles. The van der Waals surface area contributed by atoms with Gasteiger partial charge in [-0.1, -0.05) is 30.3 Å². The van der Waals surface area contributed by atoms with E-state index in [2.05, 4.69) is 10.3 Å². The first-order valence-electron chi connectivity index (χ1n) is 7.98. The lowest BCUT2D eigenvalue weighted by molar-refractivity contribution is -0.116. The van der Waals surface area contributed by atoms with Gasteiger partial charge in [-0.05, 0) is 37.4 Å². The summed E-state index contributed by atoms with van der Waals surface area (Å²) in [4.78, 5) is 16.8. The van der Waals surface area contributed by atoms with E-state index in [0.717, 1.165) is 31.5 Å². The second kappa shape index (κ2) is 6.88. The number of benzene rings is 1. The smallest absolute Gasteiger partial charge is 0.168 e. The molecular weight excluding hydrogens is 276 g/mol. The number of carbonyl (C=O) groups is 1. The topological polar surface area (TPSA) is 61.7 Å². The molecule has 1 aliphatic heterocycles. The fourth-order valence-corrected chi connectivity index (χ4v) is 3.15. The number of Topliss-reactive ketones (excluding diaryl/α,β-unsaturated/α-hetero) is 1. The van der Waals surface area contributed by atoms with Crippen molar-refractivity contribution in [3.05, 3.63) is 47.2 Å². The van der Waals surface area contributed by atoms with Gasteiger partial charge in [-0.3, -0.25) is 9.79 Å². The van der Waals surface area contributed by atoms with Crippen molar-refractivity contribution < 1.29 is 9.90 Å². The summed E-state index contributed by atoms with van der Waals surface area (Å²) in [7, 11) is 0. The Balaban J connectivity index is 1.72. The number of ketones is 1. The van der Waals surface area contributed by atoms with E-state index in [-0.39, 0.29) is 23.5 Å². The fraction of sp³-hybridized carbons (Fsp3) is 0.444. The predicted molar refractivity (Wildman–Crippen MR) is 87.5 cm³/mol. The third kappa shape index (κ3) is 3.45. The van der Waals surface area contributed by atoms with E-state index in [1.54, 1.807) is 6.21 Å². The van der Waals surface area contributed by atoms with Crippen molar-refractivity contribution in [2.45, 2.75) is 37.6 Å². The van der Waals surface area contributed by atoms with Crippen molar-refractivity contribution in [1.82, 2.24) is 5.32 Å². The normalized spacial score (nSPS) is 24.2. The van der Waals surface area contributed by atoms with Crippen molar-refractivity contribution >= 4 is 12.0 Å². The summed E-state index contributed by atoms with van der Waals surface area (Å²) < 4.78 is 0. The molecule has 3 rings (SSSR count). The van der Waals surface area contributed by atoms with Gasteiger partial charge in [0.1, 0.15) is 5.76 Å². The maximum absolute atomic E-state index is 12.3. The van der Waals surface area contributed by atoms with Gasteiger partial charge in [0.05, 0.1) is 11.6 Å². The van der Waals surface area contributed by atoms with Gasteiger partial charge in [-0.2, -0.15) is 0 Å². The van der Waals surface area contributed by atoms with E-state index in [1.807, 2.05) is 30.3 Å². The molecule has 116 valence electrons. The molecule has 4 heteroatoms. The number of piperidine rings is 1. The van der Waals surface area contributed by atoms with Gasteiger partial charge in [-0.25, -0.2) is 0 Å². The van der Waals surface area contributed by atoms with Crippen LogP contribution in [-0.2, 0) is 4.79 Å². The van der Waals surface area contributed by atoms with Gasteiger partial charge in [0, 0.05) is 19.1 Å². The lowest BCUT2D eigenvalue weighted by Gasteiger charge is -2.23. The predicted octanol–water partition coefficient (Wildman–Crippen LogP) is 2.77. The van der Waals surface area contributed by atoms with Crippen molar-refractivity contribution in [2.24, 2.45) is 4.99 Å². The molecular formula is C18H22N2O2. The van der Waals surface area contributed by atoms with Crippen LogP contribution in [0.2, 0.25) is 0 Å². The largest absolute Gasteiger partial charge is 0.511 e. The van der Waals surface area contributed by atoms with Crippen LogP contribution >= 0.6 is 0 Å². The summed E-state index contributed by atoms with van der Waals surface area (Å²) in [5.74, 6) is 0.253.